The van der Waals surface area contributed by atoms with E-state index >= 15 is 0 Å². The number of unbranched alkanes of at least 4 members (excludes halogenated alkanes) is 1. The number of ether oxygens (including phenoxy) is 2. The molecule has 1 unspecified atom stereocenters. The summed E-state index contributed by atoms with van der Waals surface area (Å²) in [5.74, 6) is -0.875. The van der Waals surface area contributed by atoms with E-state index in [-0.39, 0.29) is 24.6 Å². The van der Waals surface area contributed by atoms with Crippen LogP contribution < -0.4 is 21.2 Å². The van der Waals surface area contributed by atoms with Crippen molar-refractivity contribution >= 4 is 12.0 Å². The lowest BCUT2D eigenvalue weighted by atomic mass is 10.0. The molecule has 2 amide bonds. The quantitative estimate of drug-likeness (QED) is 0.659. The fourth-order valence-electron chi connectivity index (χ4n) is 2.88. The number of nitrogens with one attached hydrogen (secondary N) is 1. The first-order chi connectivity index (χ1) is 13.5. The number of amides is 2. The van der Waals surface area contributed by atoms with Gasteiger partial charge in [-0.15, -0.1) is 0 Å². The van der Waals surface area contributed by atoms with E-state index in [2.05, 4.69) is 5.32 Å². The Hall–Kier alpha value is -2.55. The number of carbonyl (C=O) groups is 2. The predicted octanol–water partition coefficient (Wildman–Crippen LogP) is 1.89. The Morgan fingerprint density at radius 3 is 2.76 bits per heavy atom. The van der Waals surface area contributed by atoms with Gasteiger partial charge in [-0.2, -0.15) is 0 Å². The zero-order valence-corrected chi connectivity index (χ0v) is 17.6. The second kappa shape index (κ2) is 9.30. The van der Waals surface area contributed by atoms with Gasteiger partial charge in [0.1, 0.15) is 5.60 Å². The van der Waals surface area contributed by atoms with Crippen LogP contribution in [0.3, 0.4) is 0 Å². The van der Waals surface area contributed by atoms with Gasteiger partial charge >= 0.3 is 6.09 Å². The van der Waals surface area contributed by atoms with Crippen molar-refractivity contribution in [3.8, 4) is 5.75 Å². The Morgan fingerprint density at radius 1 is 1.38 bits per heavy atom. The number of rotatable bonds is 7. The molecule has 0 radical (unpaired) electrons. The summed E-state index contributed by atoms with van der Waals surface area (Å²) in [5.41, 5.74) is 4.54. The van der Waals surface area contributed by atoms with Crippen molar-refractivity contribution in [1.82, 2.24) is 10.2 Å². The largest absolute Gasteiger partial charge is 0.486 e. The van der Waals surface area contributed by atoms with Crippen LogP contribution in [0.1, 0.15) is 57.5 Å². The normalized spacial score (nSPS) is 19.1. The van der Waals surface area contributed by atoms with Gasteiger partial charge in [-0.3, -0.25) is 9.59 Å². The minimum Gasteiger partial charge on any atom is -0.486 e. The molecule has 162 valence electrons. The molecule has 1 aromatic heterocycles. The summed E-state index contributed by atoms with van der Waals surface area (Å²) in [6, 6.07) is 1.21. The van der Waals surface area contributed by atoms with Crippen LogP contribution in [0.5, 0.6) is 5.75 Å². The van der Waals surface area contributed by atoms with E-state index in [1.807, 2.05) is 6.92 Å². The molecule has 1 saturated heterocycles. The highest BCUT2D eigenvalue weighted by Gasteiger charge is 2.39. The highest BCUT2D eigenvalue weighted by atomic mass is 16.6. The second-order valence-corrected chi connectivity index (χ2v) is 8.34. The fraction of sp³-hybridized carbons (Fsp3) is 0.650. The second-order valence-electron chi connectivity index (χ2n) is 8.34. The summed E-state index contributed by atoms with van der Waals surface area (Å²) in [7, 11) is 0. The first kappa shape index (κ1) is 22.7. The number of hydrogen-bond acceptors (Lipinski definition) is 7. The van der Waals surface area contributed by atoms with Crippen molar-refractivity contribution in [2.45, 2.75) is 58.1 Å². The summed E-state index contributed by atoms with van der Waals surface area (Å²) < 4.78 is 16.0. The van der Waals surface area contributed by atoms with Crippen molar-refractivity contribution in [3.63, 3.8) is 0 Å². The molecule has 1 aliphatic heterocycles. The Bertz CT molecular complexity index is 785. The SMILES string of the molecule is CCCCOc1c(C(=O)NCC2(N)CCN(C(=O)OC(C)(C)C)C2)occc1=O. The molecule has 0 saturated carbocycles. The summed E-state index contributed by atoms with van der Waals surface area (Å²) in [6.45, 7) is 8.50. The molecule has 9 nitrogen and oxygen atoms in total. The van der Waals surface area contributed by atoms with Crippen molar-refractivity contribution in [2.24, 2.45) is 5.73 Å². The van der Waals surface area contributed by atoms with E-state index in [0.29, 0.717) is 19.6 Å². The van der Waals surface area contributed by atoms with E-state index in [1.54, 1.807) is 20.8 Å². The van der Waals surface area contributed by atoms with Gasteiger partial charge in [-0.25, -0.2) is 4.79 Å². The maximum atomic E-state index is 12.6. The smallest absolute Gasteiger partial charge is 0.410 e. The average molecular weight is 409 g/mol. The van der Waals surface area contributed by atoms with Gasteiger partial charge in [0.2, 0.25) is 16.9 Å². The van der Waals surface area contributed by atoms with Gasteiger partial charge in [0.05, 0.1) is 18.4 Å². The Morgan fingerprint density at radius 2 is 2.10 bits per heavy atom. The first-order valence-electron chi connectivity index (χ1n) is 9.84. The Kier molecular flexibility index (Phi) is 7.29. The van der Waals surface area contributed by atoms with Gasteiger partial charge in [-0.05, 0) is 33.6 Å². The zero-order valence-electron chi connectivity index (χ0n) is 17.6. The molecular formula is C20H31N3O6. The molecule has 2 heterocycles. The van der Waals surface area contributed by atoms with Crippen molar-refractivity contribution in [3.05, 3.63) is 28.3 Å². The molecule has 9 heteroatoms. The van der Waals surface area contributed by atoms with Crippen LogP contribution in [0.25, 0.3) is 0 Å². The van der Waals surface area contributed by atoms with Gasteiger partial charge in [-0.1, -0.05) is 13.3 Å². The van der Waals surface area contributed by atoms with Gasteiger partial charge in [0.25, 0.3) is 5.91 Å². The molecule has 0 aromatic carbocycles. The molecule has 2 rings (SSSR count). The van der Waals surface area contributed by atoms with Crippen LogP contribution in [-0.4, -0.2) is 54.3 Å². The number of nitrogens with zero attached hydrogens (tertiary/aromatic N) is 1. The van der Waals surface area contributed by atoms with Gasteiger partial charge in [0.15, 0.2) is 0 Å². The molecule has 1 aliphatic rings. The summed E-state index contributed by atoms with van der Waals surface area (Å²) in [6.07, 6.45) is 2.87. The van der Waals surface area contributed by atoms with Crippen molar-refractivity contribution in [2.75, 3.05) is 26.2 Å². The molecule has 1 aromatic rings. The molecule has 1 atom stereocenters. The molecule has 29 heavy (non-hydrogen) atoms. The highest BCUT2D eigenvalue weighted by Crippen LogP contribution is 2.21. The number of hydrogen-bond donors (Lipinski definition) is 2. The summed E-state index contributed by atoms with van der Waals surface area (Å²) in [4.78, 5) is 38.4. The highest BCUT2D eigenvalue weighted by molar-refractivity contribution is 5.93. The maximum absolute atomic E-state index is 12.6. The van der Waals surface area contributed by atoms with Crippen LogP contribution in [0.15, 0.2) is 21.5 Å². The predicted molar refractivity (Wildman–Crippen MR) is 107 cm³/mol. The zero-order chi connectivity index (χ0) is 21.7. The standard InChI is InChI=1S/C20H31N3O6/c1-5-6-10-27-15-14(24)7-11-28-16(15)17(25)22-12-20(21)8-9-23(13-20)18(26)29-19(2,3)4/h7,11H,5-6,8-10,12-13,21H2,1-4H3,(H,22,25). The topological polar surface area (TPSA) is 124 Å². The van der Waals surface area contributed by atoms with E-state index in [4.69, 9.17) is 19.6 Å². The molecule has 0 bridgehead atoms. The molecule has 0 aliphatic carbocycles. The third-order valence-corrected chi connectivity index (χ3v) is 4.42. The summed E-state index contributed by atoms with van der Waals surface area (Å²) in [5, 5.41) is 2.69. The minimum atomic E-state index is -0.801. The van der Waals surface area contributed by atoms with Crippen LogP contribution in [0.2, 0.25) is 0 Å². The van der Waals surface area contributed by atoms with E-state index in [1.165, 1.54) is 11.0 Å². The van der Waals surface area contributed by atoms with Crippen LogP contribution >= 0.6 is 0 Å². The lowest BCUT2D eigenvalue weighted by Gasteiger charge is -2.27. The van der Waals surface area contributed by atoms with E-state index < -0.39 is 28.6 Å². The Labute approximate surface area is 170 Å². The third-order valence-electron chi connectivity index (χ3n) is 4.42. The fourth-order valence-corrected chi connectivity index (χ4v) is 2.88. The number of carbonyl (C=O) groups excluding carboxylic acids is 2. The van der Waals surface area contributed by atoms with E-state index in [9.17, 15) is 14.4 Å². The number of likely N-dealkylation sites (tertiary alicyclic amines) is 1. The number of nitrogens with two attached hydrogens (primary N) is 1. The van der Waals surface area contributed by atoms with E-state index in [0.717, 1.165) is 19.1 Å². The van der Waals surface area contributed by atoms with Crippen LogP contribution in [-0.2, 0) is 4.74 Å². The van der Waals surface area contributed by atoms with Crippen LogP contribution in [0, 0.1) is 0 Å². The van der Waals surface area contributed by atoms with Crippen molar-refractivity contribution in [1.29, 1.82) is 0 Å². The molecule has 0 spiro atoms. The lowest BCUT2D eigenvalue weighted by molar-refractivity contribution is 0.0285. The summed E-state index contributed by atoms with van der Waals surface area (Å²) >= 11 is 0. The third kappa shape index (κ3) is 6.49. The monoisotopic (exact) mass is 409 g/mol. The van der Waals surface area contributed by atoms with Gasteiger partial charge < -0.3 is 29.8 Å². The first-order valence-corrected chi connectivity index (χ1v) is 9.84. The average Bonchev–Trinajstić information content (AvgIpc) is 3.03. The van der Waals surface area contributed by atoms with Crippen LogP contribution in [0.4, 0.5) is 4.79 Å². The maximum Gasteiger partial charge on any atom is 0.410 e. The van der Waals surface area contributed by atoms with Crippen molar-refractivity contribution < 1.29 is 23.5 Å². The molecule has 3 N–H and O–H groups in total. The molecule has 1 fully saturated rings. The lowest BCUT2D eigenvalue weighted by Crippen LogP contribution is -2.52. The van der Waals surface area contributed by atoms with Gasteiger partial charge in [0, 0.05) is 25.7 Å². The minimum absolute atomic E-state index is 0.105. The molecular weight excluding hydrogens is 378 g/mol. The Balaban J connectivity index is 1.98.